The molecule has 3 aromatic carbocycles. The van der Waals surface area contributed by atoms with Crippen LogP contribution in [0.4, 0.5) is 5.69 Å². The Morgan fingerprint density at radius 3 is 2.34 bits per heavy atom. The lowest BCUT2D eigenvalue weighted by Crippen LogP contribution is -2.31. The van der Waals surface area contributed by atoms with Crippen LogP contribution in [0.15, 0.2) is 66.7 Å². The van der Waals surface area contributed by atoms with Crippen LogP contribution in [0.1, 0.15) is 24.2 Å². The Balaban J connectivity index is 1.53. The Hall–Kier alpha value is -3.67. The van der Waals surface area contributed by atoms with E-state index in [4.69, 9.17) is 9.47 Å². The summed E-state index contributed by atoms with van der Waals surface area (Å²) in [6.45, 7) is 2.63. The fraction of sp³-hybridized carbons (Fsp3) is 0.174. The quantitative estimate of drug-likeness (QED) is 0.486. The summed E-state index contributed by atoms with van der Waals surface area (Å²) in [6.07, 6.45) is -0.981. The first-order valence-corrected chi connectivity index (χ1v) is 9.16. The van der Waals surface area contributed by atoms with Crippen molar-refractivity contribution >= 4 is 34.1 Å². The van der Waals surface area contributed by atoms with Gasteiger partial charge in [0.15, 0.2) is 18.5 Å². The Kier molecular flexibility index (Phi) is 6.24. The monoisotopic (exact) mass is 391 g/mol. The normalized spacial score (nSPS) is 11.5. The van der Waals surface area contributed by atoms with Gasteiger partial charge in [0.25, 0.3) is 5.91 Å². The maximum atomic E-state index is 12.4. The minimum atomic E-state index is -0.981. The zero-order chi connectivity index (χ0) is 20.8. The van der Waals surface area contributed by atoms with Gasteiger partial charge in [0, 0.05) is 16.6 Å². The number of carbonyl (C=O) groups excluding carboxylic acids is 3. The predicted octanol–water partition coefficient (Wildman–Crippen LogP) is 3.99. The van der Waals surface area contributed by atoms with E-state index in [2.05, 4.69) is 5.32 Å². The van der Waals surface area contributed by atoms with Gasteiger partial charge < -0.3 is 14.8 Å². The number of rotatable bonds is 7. The van der Waals surface area contributed by atoms with Crippen LogP contribution in [0, 0.1) is 0 Å². The van der Waals surface area contributed by atoms with Gasteiger partial charge in [-0.05, 0) is 49.6 Å². The number of ether oxygens (including phenoxy) is 2. The van der Waals surface area contributed by atoms with Crippen LogP contribution >= 0.6 is 0 Å². The molecule has 0 aliphatic carbocycles. The molecule has 0 aliphatic rings. The largest absolute Gasteiger partial charge is 0.482 e. The van der Waals surface area contributed by atoms with E-state index in [1.165, 1.54) is 13.8 Å². The number of carbonyl (C=O) groups is 3. The summed E-state index contributed by atoms with van der Waals surface area (Å²) in [6, 6.07) is 19.7. The third-order valence-electron chi connectivity index (χ3n) is 4.34. The number of Topliss-reactive ketones (excluding diaryl/α,β-unsaturated/α-hetero) is 1. The molecule has 0 spiro atoms. The van der Waals surface area contributed by atoms with E-state index in [1.54, 1.807) is 30.3 Å². The van der Waals surface area contributed by atoms with E-state index in [-0.39, 0.29) is 12.4 Å². The summed E-state index contributed by atoms with van der Waals surface area (Å²) in [5.74, 6) is -0.719. The molecule has 0 fully saturated rings. The molecule has 1 N–H and O–H groups in total. The Labute approximate surface area is 168 Å². The SMILES string of the molecule is CC(=O)c1ccc(OCC(=O)O[C@@H](C)C(=O)Nc2cccc3ccccc23)cc1. The van der Waals surface area contributed by atoms with Gasteiger partial charge in [-0.2, -0.15) is 0 Å². The molecular formula is C23H21NO5. The molecule has 0 heterocycles. The molecule has 6 heteroatoms. The van der Waals surface area contributed by atoms with E-state index < -0.39 is 18.0 Å². The van der Waals surface area contributed by atoms with Crippen molar-refractivity contribution in [2.45, 2.75) is 20.0 Å². The highest BCUT2D eigenvalue weighted by Gasteiger charge is 2.19. The first-order chi connectivity index (χ1) is 13.9. The molecule has 0 aromatic heterocycles. The fourth-order valence-electron chi connectivity index (χ4n) is 2.78. The minimum Gasteiger partial charge on any atom is -0.482 e. The number of ketones is 1. The maximum Gasteiger partial charge on any atom is 0.344 e. The molecule has 1 atom stereocenters. The van der Waals surface area contributed by atoms with Crippen LogP contribution in [-0.4, -0.2) is 30.4 Å². The van der Waals surface area contributed by atoms with Gasteiger partial charge in [0.1, 0.15) is 5.75 Å². The van der Waals surface area contributed by atoms with Gasteiger partial charge in [0.05, 0.1) is 0 Å². The average molecular weight is 391 g/mol. The molecule has 29 heavy (non-hydrogen) atoms. The molecule has 3 aromatic rings. The number of hydrogen-bond donors (Lipinski definition) is 1. The second-order valence-electron chi connectivity index (χ2n) is 6.52. The smallest absolute Gasteiger partial charge is 0.344 e. The van der Waals surface area contributed by atoms with Crippen molar-refractivity contribution in [2.75, 3.05) is 11.9 Å². The van der Waals surface area contributed by atoms with Crippen molar-refractivity contribution in [1.82, 2.24) is 0 Å². The summed E-state index contributed by atoms with van der Waals surface area (Å²) < 4.78 is 10.5. The summed E-state index contributed by atoms with van der Waals surface area (Å²) in [5, 5.41) is 4.69. The molecule has 3 rings (SSSR count). The van der Waals surface area contributed by atoms with Gasteiger partial charge in [0.2, 0.25) is 0 Å². The molecule has 0 radical (unpaired) electrons. The second kappa shape index (κ2) is 9.01. The zero-order valence-corrected chi connectivity index (χ0v) is 16.2. The molecule has 0 aliphatic heterocycles. The molecule has 6 nitrogen and oxygen atoms in total. The third-order valence-corrected chi connectivity index (χ3v) is 4.34. The van der Waals surface area contributed by atoms with Gasteiger partial charge >= 0.3 is 5.97 Å². The van der Waals surface area contributed by atoms with Gasteiger partial charge in [-0.15, -0.1) is 0 Å². The molecule has 1 amide bonds. The predicted molar refractivity (Wildman–Crippen MR) is 110 cm³/mol. The fourth-order valence-corrected chi connectivity index (χ4v) is 2.78. The van der Waals surface area contributed by atoms with Crippen LogP contribution in [0.2, 0.25) is 0 Å². The number of nitrogens with one attached hydrogen (secondary N) is 1. The lowest BCUT2D eigenvalue weighted by molar-refractivity contribution is -0.155. The molecule has 148 valence electrons. The van der Waals surface area contributed by atoms with Crippen molar-refractivity contribution < 1.29 is 23.9 Å². The van der Waals surface area contributed by atoms with Gasteiger partial charge in [-0.1, -0.05) is 36.4 Å². The highest BCUT2D eigenvalue weighted by atomic mass is 16.6. The van der Waals surface area contributed by atoms with Gasteiger partial charge in [-0.25, -0.2) is 4.79 Å². The average Bonchev–Trinajstić information content (AvgIpc) is 2.72. The summed E-state index contributed by atoms with van der Waals surface area (Å²) in [5.41, 5.74) is 1.21. The van der Waals surface area contributed by atoms with E-state index in [0.717, 1.165) is 10.8 Å². The lowest BCUT2D eigenvalue weighted by Gasteiger charge is -2.15. The van der Waals surface area contributed by atoms with E-state index in [1.807, 2.05) is 36.4 Å². The Morgan fingerprint density at radius 1 is 0.931 bits per heavy atom. The zero-order valence-electron chi connectivity index (χ0n) is 16.2. The third kappa shape index (κ3) is 5.19. The van der Waals surface area contributed by atoms with Crippen molar-refractivity contribution in [2.24, 2.45) is 0 Å². The summed E-state index contributed by atoms with van der Waals surface area (Å²) in [4.78, 5) is 35.7. The maximum absolute atomic E-state index is 12.4. The number of esters is 1. The van der Waals surface area contributed by atoms with Crippen LogP contribution in [0.25, 0.3) is 10.8 Å². The number of fused-ring (bicyclic) bond motifs is 1. The topological polar surface area (TPSA) is 81.7 Å². The minimum absolute atomic E-state index is 0.0537. The molecule has 0 saturated heterocycles. The van der Waals surface area contributed by atoms with Crippen LogP contribution in [-0.2, 0) is 14.3 Å². The van der Waals surface area contributed by atoms with Gasteiger partial charge in [-0.3, -0.25) is 9.59 Å². The van der Waals surface area contributed by atoms with Crippen LogP contribution < -0.4 is 10.1 Å². The van der Waals surface area contributed by atoms with E-state index >= 15 is 0 Å². The molecule has 0 saturated carbocycles. The second-order valence-corrected chi connectivity index (χ2v) is 6.52. The van der Waals surface area contributed by atoms with E-state index in [0.29, 0.717) is 17.0 Å². The van der Waals surface area contributed by atoms with E-state index in [9.17, 15) is 14.4 Å². The number of benzene rings is 3. The lowest BCUT2D eigenvalue weighted by atomic mass is 10.1. The first-order valence-electron chi connectivity index (χ1n) is 9.16. The Bertz CT molecular complexity index is 1040. The standard InChI is InChI=1S/C23H21NO5/c1-15(25)17-10-12-19(13-11-17)28-14-22(26)29-16(2)23(27)24-21-9-5-7-18-6-3-4-8-20(18)21/h3-13,16H,14H2,1-2H3,(H,24,27)/t16-/m0/s1. The number of amides is 1. The van der Waals surface area contributed by atoms with Crippen LogP contribution in [0.5, 0.6) is 5.75 Å². The molecule has 0 bridgehead atoms. The highest BCUT2D eigenvalue weighted by Crippen LogP contribution is 2.23. The molecule has 0 unspecified atom stereocenters. The van der Waals surface area contributed by atoms with Crippen molar-refractivity contribution in [3.8, 4) is 5.75 Å². The number of anilines is 1. The summed E-state index contributed by atoms with van der Waals surface area (Å²) >= 11 is 0. The first kappa shape index (κ1) is 20.1. The number of hydrogen-bond acceptors (Lipinski definition) is 5. The van der Waals surface area contributed by atoms with Crippen molar-refractivity contribution in [3.63, 3.8) is 0 Å². The van der Waals surface area contributed by atoms with Crippen molar-refractivity contribution in [1.29, 1.82) is 0 Å². The Morgan fingerprint density at radius 2 is 1.62 bits per heavy atom. The van der Waals surface area contributed by atoms with Crippen molar-refractivity contribution in [3.05, 3.63) is 72.3 Å². The van der Waals surface area contributed by atoms with Crippen LogP contribution in [0.3, 0.4) is 0 Å². The molecular weight excluding hydrogens is 370 g/mol. The highest BCUT2D eigenvalue weighted by molar-refractivity contribution is 6.03. The summed E-state index contributed by atoms with van der Waals surface area (Å²) in [7, 11) is 0.